The van der Waals surface area contributed by atoms with Crippen LogP contribution in [0.4, 0.5) is 5.69 Å². The Morgan fingerprint density at radius 3 is 2.40 bits per heavy atom. The number of nitrogens with one attached hydrogen (secondary N) is 1. The minimum Gasteiger partial charge on any atom is -0.495 e. The number of methoxy groups -OCH3 is 2. The van der Waals surface area contributed by atoms with Gasteiger partial charge in [-0.15, -0.1) is 0 Å². The van der Waals surface area contributed by atoms with Crippen LogP contribution in [0.25, 0.3) is 5.57 Å². The molecule has 0 saturated heterocycles. The summed E-state index contributed by atoms with van der Waals surface area (Å²) in [4.78, 5) is 27.4. The molecule has 1 aliphatic heterocycles. The molecule has 0 fully saturated rings. The second kappa shape index (κ2) is 9.65. The van der Waals surface area contributed by atoms with Gasteiger partial charge in [0.2, 0.25) is 0 Å². The molecule has 0 unspecified atom stereocenters. The van der Waals surface area contributed by atoms with Crippen molar-refractivity contribution < 1.29 is 23.8 Å². The van der Waals surface area contributed by atoms with E-state index in [0.29, 0.717) is 34.4 Å². The number of imide groups is 1. The van der Waals surface area contributed by atoms with Crippen molar-refractivity contribution in [1.82, 2.24) is 4.90 Å². The molecule has 3 rings (SSSR count). The third-order valence-electron chi connectivity index (χ3n) is 4.56. The molecular weight excluding hydrogens is 408 g/mol. The highest BCUT2D eigenvalue weighted by Crippen LogP contribution is 2.35. The van der Waals surface area contributed by atoms with Crippen LogP contribution in [0.5, 0.6) is 11.5 Å². The van der Waals surface area contributed by atoms with Gasteiger partial charge in [0.05, 0.1) is 38.1 Å². The SMILES string of the molecule is CCOc1ccc(C2=C(Nc3cc(Cl)ccc3OC)C(=O)N(CCOC)C2=O)cc1. The van der Waals surface area contributed by atoms with Crippen LogP contribution in [-0.2, 0) is 14.3 Å². The lowest BCUT2D eigenvalue weighted by atomic mass is 10.0. The Labute approximate surface area is 180 Å². The van der Waals surface area contributed by atoms with Gasteiger partial charge in [-0.2, -0.15) is 0 Å². The first-order valence-electron chi connectivity index (χ1n) is 9.43. The second-order valence-electron chi connectivity index (χ2n) is 6.43. The number of rotatable bonds is 9. The maximum Gasteiger partial charge on any atom is 0.278 e. The zero-order valence-corrected chi connectivity index (χ0v) is 17.8. The van der Waals surface area contributed by atoms with Gasteiger partial charge in [0.15, 0.2) is 0 Å². The highest BCUT2D eigenvalue weighted by atomic mass is 35.5. The highest BCUT2D eigenvalue weighted by Gasteiger charge is 2.39. The number of nitrogens with zero attached hydrogens (tertiary/aromatic N) is 1. The molecule has 2 amide bonds. The third-order valence-corrected chi connectivity index (χ3v) is 4.80. The van der Waals surface area contributed by atoms with E-state index in [4.69, 9.17) is 25.8 Å². The lowest BCUT2D eigenvalue weighted by molar-refractivity contribution is -0.137. The predicted molar refractivity (Wildman–Crippen MR) is 115 cm³/mol. The first kappa shape index (κ1) is 21.7. The van der Waals surface area contributed by atoms with Crippen LogP contribution in [0.3, 0.4) is 0 Å². The van der Waals surface area contributed by atoms with Crippen LogP contribution >= 0.6 is 11.6 Å². The van der Waals surface area contributed by atoms with Crippen molar-refractivity contribution in [3.8, 4) is 11.5 Å². The number of carbonyl (C=O) groups excluding carboxylic acids is 2. The van der Waals surface area contributed by atoms with Crippen molar-refractivity contribution in [1.29, 1.82) is 0 Å². The van der Waals surface area contributed by atoms with Gasteiger partial charge in [0.25, 0.3) is 11.8 Å². The third kappa shape index (κ3) is 4.42. The summed E-state index contributed by atoms with van der Waals surface area (Å²) in [5, 5.41) is 3.53. The van der Waals surface area contributed by atoms with E-state index in [9.17, 15) is 9.59 Å². The first-order valence-corrected chi connectivity index (χ1v) is 9.81. The van der Waals surface area contributed by atoms with Crippen LogP contribution in [0.15, 0.2) is 48.2 Å². The molecule has 0 saturated carbocycles. The Bertz CT molecular complexity index is 972. The molecule has 0 bridgehead atoms. The van der Waals surface area contributed by atoms with E-state index in [1.54, 1.807) is 42.5 Å². The Kier molecular flexibility index (Phi) is 6.97. The lowest BCUT2D eigenvalue weighted by Gasteiger charge is -2.15. The number of hydrogen-bond acceptors (Lipinski definition) is 6. The zero-order chi connectivity index (χ0) is 21.7. The van der Waals surface area contributed by atoms with E-state index in [0.717, 1.165) is 4.90 Å². The molecule has 158 valence electrons. The van der Waals surface area contributed by atoms with E-state index in [1.807, 2.05) is 6.92 Å². The molecule has 7 nitrogen and oxygen atoms in total. The Balaban J connectivity index is 2.05. The molecule has 8 heteroatoms. The average molecular weight is 431 g/mol. The fourth-order valence-electron chi connectivity index (χ4n) is 3.14. The van der Waals surface area contributed by atoms with Crippen LogP contribution in [0.1, 0.15) is 12.5 Å². The number of anilines is 1. The molecule has 2 aromatic rings. The van der Waals surface area contributed by atoms with Gasteiger partial charge in [-0.1, -0.05) is 23.7 Å². The number of benzene rings is 2. The molecule has 0 radical (unpaired) electrons. The van der Waals surface area contributed by atoms with Gasteiger partial charge < -0.3 is 19.5 Å². The normalized spacial score (nSPS) is 13.8. The fourth-order valence-corrected chi connectivity index (χ4v) is 3.31. The molecule has 1 N–H and O–H groups in total. The van der Waals surface area contributed by atoms with Gasteiger partial charge in [-0.25, -0.2) is 0 Å². The number of halogens is 1. The molecule has 1 heterocycles. The minimum absolute atomic E-state index is 0.145. The summed E-state index contributed by atoms with van der Waals surface area (Å²) in [6, 6.07) is 12.0. The summed E-state index contributed by atoms with van der Waals surface area (Å²) in [6.45, 7) is 2.81. The zero-order valence-electron chi connectivity index (χ0n) is 17.0. The standard InChI is InChI=1S/C22H23ClN2O5/c1-4-30-16-8-5-14(6-9-16)19-20(22(27)25(21(19)26)11-12-28-2)24-17-13-15(23)7-10-18(17)29-3/h5-10,13,24H,4,11-12H2,1-3H3. The number of carbonyl (C=O) groups is 2. The van der Waals surface area contributed by atoms with Crippen LogP contribution in [0.2, 0.25) is 5.02 Å². The van der Waals surface area contributed by atoms with Gasteiger partial charge in [0, 0.05) is 12.1 Å². The monoisotopic (exact) mass is 430 g/mol. The van der Waals surface area contributed by atoms with Crippen LogP contribution in [-0.4, -0.2) is 50.7 Å². The first-order chi connectivity index (χ1) is 14.5. The van der Waals surface area contributed by atoms with E-state index < -0.39 is 11.8 Å². The summed E-state index contributed by atoms with van der Waals surface area (Å²) < 4.78 is 15.9. The summed E-state index contributed by atoms with van der Waals surface area (Å²) in [6.07, 6.45) is 0. The minimum atomic E-state index is -0.442. The summed E-state index contributed by atoms with van der Waals surface area (Å²) in [7, 11) is 3.03. The second-order valence-corrected chi connectivity index (χ2v) is 6.87. The van der Waals surface area contributed by atoms with Gasteiger partial charge >= 0.3 is 0 Å². The van der Waals surface area contributed by atoms with Crippen molar-refractivity contribution in [2.75, 3.05) is 39.3 Å². The van der Waals surface area contributed by atoms with Gasteiger partial charge in [-0.3, -0.25) is 14.5 Å². The smallest absolute Gasteiger partial charge is 0.278 e. The number of hydrogen-bond donors (Lipinski definition) is 1. The molecule has 0 aromatic heterocycles. The quantitative estimate of drug-likeness (QED) is 0.613. The molecule has 0 atom stereocenters. The molecule has 0 aliphatic carbocycles. The Morgan fingerprint density at radius 2 is 1.77 bits per heavy atom. The fraction of sp³-hybridized carbons (Fsp3) is 0.273. The number of ether oxygens (including phenoxy) is 3. The van der Waals surface area contributed by atoms with Crippen molar-refractivity contribution in [3.63, 3.8) is 0 Å². The van der Waals surface area contributed by atoms with Crippen LogP contribution < -0.4 is 14.8 Å². The van der Waals surface area contributed by atoms with E-state index in [1.165, 1.54) is 14.2 Å². The molecule has 2 aromatic carbocycles. The van der Waals surface area contributed by atoms with E-state index in [-0.39, 0.29) is 24.4 Å². The summed E-state index contributed by atoms with van der Waals surface area (Å²) in [5.74, 6) is 0.335. The predicted octanol–water partition coefficient (Wildman–Crippen LogP) is 3.59. The molecule has 1 aliphatic rings. The number of amides is 2. The molecule has 0 spiro atoms. The maximum atomic E-state index is 13.1. The summed E-state index contributed by atoms with van der Waals surface area (Å²) >= 11 is 6.12. The molecule has 30 heavy (non-hydrogen) atoms. The highest BCUT2D eigenvalue weighted by molar-refractivity contribution is 6.36. The van der Waals surface area contributed by atoms with Crippen molar-refractivity contribution >= 4 is 34.7 Å². The van der Waals surface area contributed by atoms with Crippen molar-refractivity contribution in [2.24, 2.45) is 0 Å². The van der Waals surface area contributed by atoms with Crippen LogP contribution in [0, 0.1) is 0 Å². The van der Waals surface area contributed by atoms with E-state index >= 15 is 0 Å². The van der Waals surface area contributed by atoms with Gasteiger partial charge in [-0.05, 0) is 42.8 Å². The van der Waals surface area contributed by atoms with E-state index in [2.05, 4.69) is 5.32 Å². The Hall–Kier alpha value is -3.03. The van der Waals surface area contributed by atoms with Crippen molar-refractivity contribution in [2.45, 2.75) is 6.92 Å². The largest absolute Gasteiger partial charge is 0.495 e. The van der Waals surface area contributed by atoms with Crippen molar-refractivity contribution in [3.05, 3.63) is 58.7 Å². The topological polar surface area (TPSA) is 77.1 Å². The Morgan fingerprint density at radius 1 is 1.03 bits per heavy atom. The lowest BCUT2D eigenvalue weighted by Crippen LogP contribution is -2.35. The summed E-state index contributed by atoms with van der Waals surface area (Å²) in [5.41, 5.74) is 1.50. The average Bonchev–Trinajstić information content (AvgIpc) is 2.97. The van der Waals surface area contributed by atoms with Gasteiger partial charge in [0.1, 0.15) is 17.2 Å². The molecular formula is C22H23ClN2O5. The maximum absolute atomic E-state index is 13.1.